The predicted molar refractivity (Wildman–Crippen MR) is 96.0 cm³/mol. The van der Waals surface area contributed by atoms with E-state index in [1.165, 1.54) is 5.56 Å². The van der Waals surface area contributed by atoms with Crippen LogP contribution in [0, 0.1) is 0 Å². The predicted octanol–water partition coefficient (Wildman–Crippen LogP) is 3.46. The Bertz CT molecular complexity index is 909. The van der Waals surface area contributed by atoms with E-state index in [0.717, 1.165) is 34.5 Å². The lowest BCUT2D eigenvalue weighted by molar-refractivity contribution is 0.381. The fraction of sp³-hybridized carbons (Fsp3) is 0.158. The van der Waals surface area contributed by atoms with E-state index in [9.17, 15) is 0 Å². The molecule has 0 atom stereocenters. The highest BCUT2D eigenvalue weighted by Crippen LogP contribution is 2.21. The second-order valence-corrected chi connectivity index (χ2v) is 5.77. The van der Waals surface area contributed by atoms with E-state index in [4.69, 9.17) is 4.74 Å². The highest BCUT2D eigenvalue weighted by molar-refractivity contribution is 6.10. The number of nitrogens with one attached hydrogen (secondary N) is 1. The Kier molecular flexibility index (Phi) is 3.75. The molecule has 120 valence electrons. The van der Waals surface area contributed by atoms with Crippen LogP contribution in [-0.2, 0) is 6.54 Å². The summed E-state index contributed by atoms with van der Waals surface area (Å²) in [5.74, 6) is 0.858. The van der Waals surface area contributed by atoms with Gasteiger partial charge in [-0.05, 0) is 35.4 Å². The lowest BCUT2D eigenvalue weighted by atomic mass is 10.1. The normalized spacial score (nSPS) is 14.0. The minimum atomic E-state index is 0.667. The molecule has 0 amide bonds. The van der Waals surface area contributed by atoms with Crippen LogP contribution in [0.5, 0.6) is 5.75 Å². The summed E-state index contributed by atoms with van der Waals surface area (Å²) in [6.45, 7) is 1.48. The number of imidazole rings is 1. The first-order valence-electron chi connectivity index (χ1n) is 7.84. The summed E-state index contributed by atoms with van der Waals surface area (Å²) >= 11 is 0. The fourth-order valence-electron chi connectivity index (χ4n) is 2.86. The molecule has 1 N–H and O–H groups in total. The lowest BCUT2D eigenvalue weighted by Gasteiger charge is -2.23. The molecule has 24 heavy (non-hydrogen) atoms. The van der Waals surface area contributed by atoms with Gasteiger partial charge in [0.25, 0.3) is 0 Å². The van der Waals surface area contributed by atoms with Crippen LogP contribution in [0.15, 0.2) is 60.0 Å². The molecule has 1 aliphatic heterocycles. The number of allylic oxidation sites excluding steroid dienone is 1. The maximum absolute atomic E-state index is 5.21. The van der Waals surface area contributed by atoms with Gasteiger partial charge in [0.15, 0.2) is 0 Å². The third-order valence-corrected chi connectivity index (χ3v) is 4.11. The van der Waals surface area contributed by atoms with Gasteiger partial charge in [0.2, 0.25) is 0 Å². The van der Waals surface area contributed by atoms with Crippen LogP contribution in [0.3, 0.4) is 0 Å². The molecule has 5 heteroatoms. The summed E-state index contributed by atoms with van der Waals surface area (Å²) in [4.78, 5) is 14.1. The molecule has 2 heterocycles. The van der Waals surface area contributed by atoms with Gasteiger partial charge in [-0.3, -0.25) is 4.99 Å². The van der Waals surface area contributed by atoms with E-state index in [2.05, 4.69) is 50.3 Å². The van der Waals surface area contributed by atoms with E-state index in [1.807, 2.05) is 24.4 Å². The second-order valence-electron chi connectivity index (χ2n) is 5.77. The van der Waals surface area contributed by atoms with Crippen molar-refractivity contribution in [2.75, 3.05) is 13.8 Å². The van der Waals surface area contributed by atoms with Gasteiger partial charge in [0.05, 0.1) is 24.5 Å². The summed E-state index contributed by atoms with van der Waals surface area (Å²) in [6, 6.07) is 14.3. The van der Waals surface area contributed by atoms with Crippen LogP contribution < -0.4 is 4.74 Å². The van der Waals surface area contributed by atoms with Gasteiger partial charge in [0.1, 0.15) is 12.4 Å². The molecule has 3 aromatic rings. The number of aromatic nitrogens is 2. The van der Waals surface area contributed by atoms with Crippen LogP contribution in [0.2, 0.25) is 0 Å². The van der Waals surface area contributed by atoms with Gasteiger partial charge in [-0.1, -0.05) is 18.2 Å². The summed E-state index contributed by atoms with van der Waals surface area (Å²) in [5.41, 5.74) is 5.52. The van der Waals surface area contributed by atoms with Crippen LogP contribution in [0.25, 0.3) is 16.6 Å². The van der Waals surface area contributed by atoms with Crippen LogP contribution in [0.4, 0.5) is 0 Å². The van der Waals surface area contributed by atoms with Crippen molar-refractivity contribution in [1.82, 2.24) is 14.9 Å². The molecule has 0 aliphatic carbocycles. The minimum absolute atomic E-state index is 0.667. The Balaban J connectivity index is 1.54. The number of aliphatic imine (C=N–C) groups is 1. The Morgan fingerprint density at radius 1 is 1.17 bits per heavy atom. The van der Waals surface area contributed by atoms with Gasteiger partial charge >= 0.3 is 0 Å². The number of ether oxygens (including phenoxy) is 1. The molecule has 1 aliphatic rings. The zero-order valence-electron chi connectivity index (χ0n) is 13.4. The summed E-state index contributed by atoms with van der Waals surface area (Å²) in [7, 11) is 1.68. The largest absolute Gasteiger partial charge is 0.497 e. The van der Waals surface area contributed by atoms with E-state index >= 15 is 0 Å². The summed E-state index contributed by atoms with van der Waals surface area (Å²) in [6.07, 6.45) is 5.81. The number of aromatic amines is 1. The third-order valence-electron chi connectivity index (χ3n) is 4.11. The van der Waals surface area contributed by atoms with Crippen LogP contribution >= 0.6 is 0 Å². The highest BCUT2D eigenvalue weighted by Gasteiger charge is 2.09. The third kappa shape index (κ3) is 2.88. The average molecular weight is 318 g/mol. The molecule has 0 unspecified atom stereocenters. The van der Waals surface area contributed by atoms with Crippen molar-refractivity contribution in [2.24, 2.45) is 4.99 Å². The molecule has 4 rings (SSSR count). The topological polar surface area (TPSA) is 53.5 Å². The van der Waals surface area contributed by atoms with Gasteiger partial charge in [-0.25, -0.2) is 4.98 Å². The van der Waals surface area contributed by atoms with Crippen LogP contribution in [-0.4, -0.2) is 34.9 Å². The van der Waals surface area contributed by atoms with Gasteiger partial charge in [0, 0.05) is 24.5 Å². The first-order chi connectivity index (χ1) is 11.8. The molecule has 0 radical (unpaired) electrons. The molecule has 0 saturated carbocycles. The van der Waals surface area contributed by atoms with E-state index < -0.39 is 0 Å². The lowest BCUT2D eigenvalue weighted by Crippen LogP contribution is -2.20. The van der Waals surface area contributed by atoms with Gasteiger partial charge < -0.3 is 14.6 Å². The Morgan fingerprint density at radius 3 is 2.88 bits per heavy atom. The number of H-pyrrole nitrogens is 1. The first-order valence-corrected chi connectivity index (χ1v) is 7.84. The number of methoxy groups -OCH3 is 1. The number of fused-ring (bicyclic) bond motifs is 1. The van der Waals surface area contributed by atoms with Crippen molar-refractivity contribution >= 4 is 22.8 Å². The number of hydrogen-bond donors (Lipinski definition) is 1. The van der Waals surface area contributed by atoms with Crippen molar-refractivity contribution in [3.05, 3.63) is 66.1 Å². The molecular weight excluding hydrogens is 300 g/mol. The number of benzene rings is 2. The zero-order valence-corrected chi connectivity index (χ0v) is 13.4. The minimum Gasteiger partial charge on any atom is -0.497 e. The summed E-state index contributed by atoms with van der Waals surface area (Å²) in [5, 5.41) is 0. The second kappa shape index (κ2) is 6.20. The fourth-order valence-corrected chi connectivity index (χ4v) is 2.86. The monoisotopic (exact) mass is 318 g/mol. The van der Waals surface area contributed by atoms with Crippen molar-refractivity contribution in [1.29, 1.82) is 0 Å². The maximum atomic E-state index is 5.21. The van der Waals surface area contributed by atoms with Crippen LogP contribution in [0.1, 0.15) is 11.1 Å². The molecule has 2 aromatic carbocycles. The molecule has 0 bridgehead atoms. The van der Waals surface area contributed by atoms with E-state index in [1.54, 1.807) is 13.4 Å². The first kappa shape index (κ1) is 14.5. The quantitative estimate of drug-likeness (QED) is 0.801. The molecule has 5 nitrogen and oxygen atoms in total. The molecular formula is C19H18N4O. The van der Waals surface area contributed by atoms with E-state index in [0.29, 0.717) is 6.67 Å². The van der Waals surface area contributed by atoms with E-state index in [-0.39, 0.29) is 0 Å². The average Bonchev–Trinajstić information content (AvgIpc) is 3.10. The molecule has 0 spiro atoms. The zero-order chi connectivity index (χ0) is 16.4. The maximum Gasteiger partial charge on any atom is 0.118 e. The smallest absolute Gasteiger partial charge is 0.118 e. The SMILES string of the molecule is COc1ccc(C2=CN(Cc3ccc4nc[nH]c4c3)CN=C2)cc1. The summed E-state index contributed by atoms with van der Waals surface area (Å²) < 4.78 is 5.21. The molecule has 0 saturated heterocycles. The molecule has 0 fully saturated rings. The van der Waals surface area contributed by atoms with Gasteiger partial charge in [-0.2, -0.15) is 0 Å². The van der Waals surface area contributed by atoms with Gasteiger partial charge in [-0.15, -0.1) is 0 Å². The Labute approximate surface area is 140 Å². The van der Waals surface area contributed by atoms with Crippen molar-refractivity contribution < 1.29 is 4.74 Å². The number of nitrogens with zero attached hydrogens (tertiary/aromatic N) is 3. The van der Waals surface area contributed by atoms with Crippen molar-refractivity contribution in [3.8, 4) is 5.75 Å². The standard InChI is InChI=1S/C19H18N4O/c1-24-17-5-3-15(4-6-17)16-9-20-13-23(11-16)10-14-2-7-18-19(8-14)22-12-21-18/h2-9,11-12H,10,13H2,1H3,(H,21,22). The van der Waals surface area contributed by atoms with Crippen molar-refractivity contribution in [3.63, 3.8) is 0 Å². The Hall–Kier alpha value is -3.08. The van der Waals surface area contributed by atoms with Crippen molar-refractivity contribution in [2.45, 2.75) is 6.54 Å². The molecule has 1 aromatic heterocycles. The Morgan fingerprint density at radius 2 is 2.04 bits per heavy atom. The number of hydrogen-bond acceptors (Lipinski definition) is 4. The highest BCUT2D eigenvalue weighted by atomic mass is 16.5. The number of rotatable bonds is 4.